The van der Waals surface area contributed by atoms with Gasteiger partial charge in [-0.2, -0.15) is 0 Å². The molecule has 3 heteroatoms. The maximum atomic E-state index is 8.92. The quantitative estimate of drug-likeness (QED) is 0.490. The van der Waals surface area contributed by atoms with Gasteiger partial charge in [-0.05, 0) is 13.0 Å². The van der Waals surface area contributed by atoms with Gasteiger partial charge >= 0.3 is 0 Å². The number of aliphatic hydroxyl groups excluding tert-OH is 2. The van der Waals surface area contributed by atoms with E-state index < -0.39 is 6.10 Å². The highest BCUT2D eigenvalue weighted by Crippen LogP contribution is 2.03. The number of nitrogens with zero attached hydrogens (tertiary/aromatic N) is 1. The first-order chi connectivity index (χ1) is 4.20. The topological polar surface area (TPSA) is 52.8 Å². The van der Waals surface area contributed by atoms with Crippen LogP contribution in [0.1, 0.15) is 6.92 Å². The number of aliphatic imine (C=N–C) groups is 1. The Morgan fingerprint density at radius 2 is 2.44 bits per heavy atom. The zero-order chi connectivity index (χ0) is 6.85. The van der Waals surface area contributed by atoms with E-state index in [1.54, 1.807) is 6.92 Å². The second-order valence-electron chi connectivity index (χ2n) is 2.05. The summed E-state index contributed by atoms with van der Waals surface area (Å²) >= 11 is 0. The number of aliphatic hydroxyl groups is 2. The van der Waals surface area contributed by atoms with Gasteiger partial charge in [0.25, 0.3) is 0 Å². The maximum Gasteiger partial charge on any atom is 0.134 e. The molecular formula is C6H9NO2. The van der Waals surface area contributed by atoms with Crippen LogP contribution in [0.5, 0.6) is 0 Å². The molecule has 1 aliphatic heterocycles. The third-order valence-corrected chi connectivity index (χ3v) is 1.24. The number of allylic oxidation sites excluding steroid dienone is 1. The molecule has 0 saturated heterocycles. The van der Waals surface area contributed by atoms with Crippen LogP contribution in [0.25, 0.3) is 0 Å². The van der Waals surface area contributed by atoms with E-state index in [1.807, 2.05) is 0 Å². The Kier molecular flexibility index (Phi) is 1.53. The highest BCUT2D eigenvalue weighted by molar-refractivity contribution is 5.96. The summed E-state index contributed by atoms with van der Waals surface area (Å²) in [6.45, 7) is 2.08. The summed E-state index contributed by atoms with van der Waals surface area (Å²) in [5.41, 5.74) is 0.598. The average Bonchev–Trinajstić information content (AvgIpc) is 1.80. The summed E-state index contributed by atoms with van der Waals surface area (Å²) < 4.78 is 0. The molecule has 1 aliphatic rings. The molecule has 0 radical (unpaired) electrons. The molecule has 1 heterocycles. The first-order valence-corrected chi connectivity index (χ1v) is 2.80. The summed E-state index contributed by atoms with van der Waals surface area (Å²) in [6, 6.07) is 0. The second-order valence-corrected chi connectivity index (χ2v) is 2.05. The Balaban J connectivity index is 2.75. The summed E-state index contributed by atoms with van der Waals surface area (Å²) in [5.74, 6) is 0.0914. The van der Waals surface area contributed by atoms with Crippen molar-refractivity contribution in [2.24, 2.45) is 4.99 Å². The van der Waals surface area contributed by atoms with E-state index in [0.29, 0.717) is 12.3 Å². The van der Waals surface area contributed by atoms with E-state index in [-0.39, 0.29) is 5.76 Å². The van der Waals surface area contributed by atoms with Crippen molar-refractivity contribution in [3.63, 3.8) is 0 Å². The standard InChI is InChI=1S/C6H9NO2/c1-4-6(9)2-5(8)3-7-4/h2,5,8-9H,3H2,1H3. The predicted molar refractivity (Wildman–Crippen MR) is 34.7 cm³/mol. The van der Waals surface area contributed by atoms with E-state index in [0.717, 1.165) is 0 Å². The molecule has 0 aromatic rings. The minimum absolute atomic E-state index is 0.0914. The molecule has 0 saturated carbocycles. The number of hydrogen-bond acceptors (Lipinski definition) is 3. The molecule has 0 aliphatic carbocycles. The highest BCUT2D eigenvalue weighted by atomic mass is 16.3. The van der Waals surface area contributed by atoms with Crippen LogP contribution in [0, 0.1) is 0 Å². The molecule has 1 atom stereocenters. The lowest BCUT2D eigenvalue weighted by atomic mass is 10.2. The SMILES string of the molecule is CC1=NCC(O)C=C1O. The van der Waals surface area contributed by atoms with Crippen molar-refractivity contribution in [3.8, 4) is 0 Å². The lowest BCUT2D eigenvalue weighted by molar-refractivity contribution is 0.224. The van der Waals surface area contributed by atoms with Crippen molar-refractivity contribution < 1.29 is 10.2 Å². The summed E-state index contributed by atoms with van der Waals surface area (Å²) in [4.78, 5) is 3.84. The highest BCUT2D eigenvalue weighted by Gasteiger charge is 2.09. The largest absolute Gasteiger partial charge is 0.506 e. The Morgan fingerprint density at radius 3 is 2.89 bits per heavy atom. The summed E-state index contributed by atoms with van der Waals surface area (Å²) in [5, 5.41) is 17.8. The fourth-order valence-corrected chi connectivity index (χ4v) is 0.667. The van der Waals surface area contributed by atoms with Gasteiger partial charge in [0.2, 0.25) is 0 Å². The van der Waals surface area contributed by atoms with Gasteiger partial charge in [0.05, 0.1) is 18.4 Å². The minimum atomic E-state index is -0.603. The molecule has 1 rings (SSSR count). The molecule has 0 bridgehead atoms. The molecule has 2 N–H and O–H groups in total. The van der Waals surface area contributed by atoms with Crippen molar-refractivity contribution in [2.75, 3.05) is 6.54 Å². The fourth-order valence-electron chi connectivity index (χ4n) is 0.667. The van der Waals surface area contributed by atoms with Crippen molar-refractivity contribution in [2.45, 2.75) is 13.0 Å². The van der Waals surface area contributed by atoms with Crippen LogP contribution in [-0.2, 0) is 0 Å². The lowest BCUT2D eigenvalue weighted by Crippen LogP contribution is -2.16. The Bertz CT molecular complexity index is 172. The summed E-state index contributed by atoms with van der Waals surface area (Å²) in [7, 11) is 0. The van der Waals surface area contributed by atoms with E-state index >= 15 is 0 Å². The molecule has 0 aromatic carbocycles. The van der Waals surface area contributed by atoms with E-state index in [9.17, 15) is 0 Å². The van der Waals surface area contributed by atoms with Crippen molar-refractivity contribution in [3.05, 3.63) is 11.8 Å². The van der Waals surface area contributed by atoms with Gasteiger partial charge in [-0.25, -0.2) is 0 Å². The van der Waals surface area contributed by atoms with Crippen LogP contribution in [0.15, 0.2) is 16.8 Å². The fraction of sp³-hybridized carbons (Fsp3) is 0.500. The minimum Gasteiger partial charge on any atom is -0.506 e. The Labute approximate surface area is 53.4 Å². The van der Waals surface area contributed by atoms with Crippen LogP contribution in [-0.4, -0.2) is 28.6 Å². The Morgan fingerprint density at radius 1 is 1.78 bits per heavy atom. The number of rotatable bonds is 0. The lowest BCUT2D eigenvalue weighted by Gasteiger charge is -2.09. The third-order valence-electron chi connectivity index (χ3n) is 1.24. The van der Waals surface area contributed by atoms with E-state index in [2.05, 4.69) is 4.99 Å². The van der Waals surface area contributed by atoms with Crippen molar-refractivity contribution >= 4 is 5.71 Å². The zero-order valence-corrected chi connectivity index (χ0v) is 5.20. The normalized spacial score (nSPS) is 27.1. The third kappa shape index (κ3) is 1.29. The molecule has 0 aromatic heterocycles. The monoisotopic (exact) mass is 127 g/mol. The van der Waals surface area contributed by atoms with Gasteiger partial charge in [-0.15, -0.1) is 0 Å². The van der Waals surface area contributed by atoms with Gasteiger partial charge < -0.3 is 10.2 Å². The first kappa shape index (κ1) is 6.29. The van der Waals surface area contributed by atoms with E-state index in [1.165, 1.54) is 6.08 Å². The predicted octanol–water partition coefficient (Wildman–Crippen LogP) is 0.264. The van der Waals surface area contributed by atoms with Crippen LogP contribution in [0.3, 0.4) is 0 Å². The van der Waals surface area contributed by atoms with Gasteiger partial charge in [0, 0.05) is 0 Å². The zero-order valence-electron chi connectivity index (χ0n) is 5.20. The molecule has 0 amide bonds. The first-order valence-electron chi connectivity index (χ1n) is 2.80. The van der Waals surface area contributed by atoms with E-state index in [4.69, 9.17) is 10.2 Å². The molecule has 50 valence electrons. The van der Waals surface area contributed by atoms with Crippen molar-refractivity contribution in [1.82, 2.24) is 0 Å². The number of dihydropyridines is 1. The van der Waals surface area contributed by atoms with Gasteiger partial charge in [-0.3, -0.25) is 4.99 Å². The molecule has 0 fully saturated rings. The van der Waals surface area contributed by atoms with Crippen molar-refractivity contribution in [1.29, 1.82) is 0 Å². The smallest absolute Gasteiger partial charge is 0.134 e. The number of hydrogen-bond donors (Lipinski definition) is 2. The van der Waals surface area contributed by atoms with Gasteiger partial charge in [0.15, 0.2) is 0 Å². The molecule has 1 unspecified atom stereocenters. The summed E-state index contributed by atoms with van der Waals surface area (Å²) in [6.07, 6.45) is 0.788. The maximum absolute atomic E-state index is 8.92. The van der Waals surface area contributed by atoms with Crippen LogP contribution in [0.2, 0.25) is 0 Å². The van der Waals surface area contributed by atoms with Crippen LogP contribution in [0.4, 0.5) is 0 Å². The molecule has 0 spiro atoms. The second kappa shape index (κ2) is 2.19. The Hall–Kier alpha value is -0.830. The van der Waals surface area contributed by atoms with Crippen LogP contribution < -0.4 is 0 Å². The molecule has 3 nitrogen and oxygen atoms in total. The van der Waals surface area contributed by atoms with Crippen LogP contribution >= 0.6 is 0 Å². The molecule has 9 heavy (non-hydrogen) atoms. The van der Waals surface area contributed by atoms with Gasteiger partial charge in [-0.1, -0.05) is 0 Å². The van der Waals surface area contributed by atoms with Gasteiger partial charge in [0.1, 0.15) is 5.76 Å². The molecular weight excluding hydrogens is 118 g/mol. The average molecular weight is 127 g/mol.